The van der Waals surface area contributed by atoms with Gasteiger partial charge in [-0.15, -0.1) is 0 Å². The van der Waals surface area contributed by atoms with Crippen LogP contribution < -0.4 is 5.32 Å². The van der Waals surface area contributed by atoms with Crippen molar-refractivity contribution in [1.82, 2.24) is 19.9 Å². The van der Waals surface area contributed by atoms with Gasteiger partial charge in [0.25, 0.3) is 5.91 Å². The van der Waals surface area contributed by atoms with E-state index >= 15 is 0 Å². The van der Waals surface area contributed by atoms with Crippen molar-refractivity contribution in [3.63, 3.8) is 0 Å². The van der Waals surface area contributed by atoms with Crippen LogP contribution in [0.3, 0.4) is 0 Å². The zero-order valence-electron chi connectivity index (χ0n) is 10.1. The van der Waals surface area contributed by atoms with E-state index < -0.39 is 0 Å². The third-order valence-corrected chi connectivity index (χ3v) is 2.84. The van der Waals surface area contributed by atoms with Crippen molar-refractivity contribution in [1.29, 1.82) is 0 Å². The van der Waals surface area contributed by atoms with Crippen LogP contribution >= 0.6 is 11.6 Å². The van der Waals surface area contributed by atoms with E-state index in [4.69, 9.17) is 11.6 Å². The first-order chi connectivity index (χ1) is 8.66. The molecule has 2 aromatic heterocycles. The maximum absolute atomic E-state index is 11.8. The first kappa shape index (κ1) is 12.7. The third-order valence-electron chi connectivity index (χ3n) is 2.63. The summed E-state index contributed by atoms with van der Waals surface area (Å²) in [5.41, 5.74) is 0.568. The molecule has 0 atom stereocenters. The summed E-state index contributed by atoms with van der Waals surface area (Å²) in [5, 5.41) is 3.42. The topological polar surface area (TPSA) is 62.7 Å². The fourth-order valence-electron chi connectivity index (χ4n) is 1.73. The van der Waals surface area contributed by atoms with Crippen molar-refractivity contribution < 1.29 is 4.79 Å². The molecule has 2 heterocycles. The second kappa shape index (κ2) is 5.73. The fraction of sp³-hybridized carbons (Fsp3) is 0.333. The number of imidazole rings is 1. The number of aromatic nitrogens is 3. The Balaban J connectivity index is 1.77. The number of carbonyl (C=O) groups is 1. The van der Waals surface area contributed by atoms with Crippen LogP contribution in [0.1, 0.15) is 22.7 Å². The van der Waals surface area contributed by atoms with Crippen LogP contribution in [0.4, 0.5) is 0 Å². The van der Waals surface area contributed by atoms with Crippen LogP contribution in [-0.2, 0) is 13.5 Å². The Kier molecular flexibility index (Phi) is 4.04. The van der Waals surface area contributed by atoms with Gasteiger partial charge in [-0.25, -0.2) is 4.98 Å². The molecule has 0 bridgehead atoms. The number of aryl methyl sites for hydroxylation is 2. The number of nitrogens with one attached hydrogen (secondary N) is 2. The molecule has 0 aromatic carbocycles. The monoisotopic (exact) mass is 266 g/mol. The van der Waals surface area contributed by atoms with Crippen LogP contribution in [0.5, 0.6) is 0 Å². The summed E-state index contributed by atoms with van der Waals surface area (Å²) in [6.45, 7) is 0.613. The highest BCUT2D eigenvalue weighted by Crippen LogP contribution is 2.12. The van der Waals surface area contributed by atoms with E-state index in [2.05, 4.69) is 15.3 Å². The summed E-state index contributed by atoms with van der Waals surface area (Å²) in [5.74, 6) is 0.829. The van der Waals surface area contributed by atoms with Gasteiger partial charge in [-0.3, -0.25) is 4.79 Å². The molecule has 0 radical (unpaired) electrons. The maximum Gasteiger partial charge on any atom is 0.267 e. The minimum Gasteiger partial charge on any atom is -0.351 e. The van der Waals surface area contributed by atoms with Crippen LogP contribution in [-0.4, -0.2) is 27.0 Å². The molecule has 96 valence electrons. The van der Waals surface area contributed by atoms with Crippen LogP contribution in [0.25, 0.3) is 0 Å². The average Bonchev–Trinajstić information content (AvgIpc) is 2.94. The predicted molar refractivity (Wildman–Crippen MR) is 69.7 cm³/mol. The molecule has 1 amide bonds. The summed E-state index contributed by atoms with van der Waals surface area (Å²) in [6.07, 6.45) is 6.89. The number of carbonyl (C=O) groups excluding carboxylic acids is 1. The van der Waals surface area contributed by atoms with Gasteiger partial charge in [0.1, 0.15) is 11.5 Å². The number of H-pyrrole nitrogens is 1. The smallest absolute Gasteiger partial charge is 0.267 e. The summed E-state index contributed by atoms with van der Waals surface area (Å²) >= 11 is 5.83. The number of aromatic amines is 1. The minimum absolute atomic E-state index is 0.108. The Morgan fingerprint density at radius 2 is 2.44 bits per heavy atom. The summed E-state index contributed by atoms with van der Waals surface area (Å²) in [7, 11) is 1.80. The molecule has 2 rings (SSSR count). The van der Waals surface area contributed by atoms with Crippen molar-refractivity contribution >= 4 is 17.5 Å². The maximum atomic E-state index is 11.8. The van der Waals surface area contributed by atoms with Gasteiger partial charge >= 0.3 is 0 Å². The quantitative estimate of drug-likeness (QED) is 0.810. The normalized spacial score (nSPS) is 10.6. The van der Waals surface area contributed by atoms with Gasteiger partial charge in [0.2, 0.25) is 0 Å². The summed E-state index contributed by atoms with van der Waals surface area (Å²) in [4.78, 5) is 19.0. The lowest BCUT2D eigenvalue weighted by Gasteiger charge is -2.05. The van der Waals surface area contributed by atoms with Crippen LogP contribution in [0, 0.1) is 0 Å². The molecule has 0 saturated heterocycles. The van der Waals surface area contributed by atoms with E-state index in [1.54, 1.807) is 36.3 Å². The van der Waals surface area contributed by atoms with Gasteiger partial charge in [-0.05, 0) is 12.5 Å². The largest absolute Gasteiger partial charge is 0.351 e. The van der Waals surface area contributed by atoms with E-state index in [0.717, 1.165) is 18.7 Å². The molecule has 2 aromatic rings. The third kappa shape index (κ3) is 3.13. The van der Waals surface area contributed by atoms with Gasteiger partial charge in [0, 0.05) is 38.6 Å². The second-order valence-corrected chi connectivity index (χ2v) is 4.49. The Bertz CT molecular complexity index is 518. The zero-order valence-corrected chi connectivity index (χ0v) is 10.9. The van der Waals surface area contributed by atoms with Gasteiger partial charge in [0.15, 0.2) is 0 Å². The molecule has 0 aliphatic carbocycles. The van der Waals surface area contributed by atoms with Gasteiger partial charge in [-0.1, -0.05) is 11.6 Å². The lowest BCUT2D eigenvalue weighted by atomic mass is 10.3. The second-order valence-electron chi connectivity index (χ2n) is 4.05. The van der Waals surface area contributed by atoms with Crippen LogP contribution in [0.2, 0.25) is 5.02 Å². The SMILES string of the molecule is Cn1cc(Cl)cc1C(=O)NCCCc1ncc[nH]1. The standard InChI is InChI=1S/C12H15ClN4O/c1-17-8-9(13)7-10(17)12(18)16-4-2-3-11-14-5-6-15-11/h5-8H,2-4H2,1H3,(H,14,15)(H,16,18). The minimum atomic E-state index is -0.108. The molecule has 18 heavy (non-hydrogen) atoms. The predicted octanol–water partition coefficient (Wildman–Crippen LogP) is 1.76. The lowest BCUT2D eigenvalue weighted by Crippen LogP contribution is -2.26. The highest BCUT2D eigenvalue weighted by Gasteiger charge is 2.10. The van der Waals surface area contributed by atoms with Crippen LogP contribution in [0.15, 0.2) is 24.7 Å². The lowest BCUT2D eigenvalue weighted by molar-refractivity contribution is 0.0945. The molecular formula is C12H15ClN4O. The average molecular weight is 267 g/mol. The molecule has 0 aliphatic heterocycles. The molecule has 5 nitrogen and oxygen atoms in total. The van der Waals surface area contributed by atoms with E-state index in [9.17, 15) is 4.79 Å². The Morgan fingerprint density at radius 3 is 3.06 bits per heavy atom. The number of nitrogens with zero attached hydrogens (tertiary/aromatic N) is 2. The molecule has 0 aliphatic rings. The molecule has 0 spiro atoms. The van der Waals surface area contributed by atoms with Crippen molar-refractivity contribution in [2.45, 2.75) is 12.8 Å². The van der Waals surface area contributed by atoms with E-state index in [1.807, 2.05) is 0 Å². The molecule has 0 fully saturated rings. The highest BCUT2D eigenvalue weighted by molar-refractivity contribution is 6.31. The van der Waals surface area contributed by atoms with Crippen molar-refractivity contribution in [2.24, 2.45) is 7.05 Å². The first-order valence-corrected chi connectivity index (χ1v) is 6.13. The molecule has 0 unspecified atom stereocenters. The number of amides is 1. The van der Waals surface area contributed by atoms with E-state index in [-0.39, 0.29) is 5.91 Å². The van der Waals surface area contributed by atoms with Crippen molar-refractivity contribution in [3.05, 3.63) is 41.2 Å². The van der Waals surface area contributed by atoms with E-state index in [1.165, 1.54) is 0 Å². The number of hydrogen-bond acceptors (Lipinski definition) is 2. The van der Waals surface area contributed by atoms with Crippen molar-refractivity contribution in [3.8, 4) is 0 Å². The first-order valence-electron chi connectivity index (χ1n) is 5.75. The Morgan fingerprint density at radius 1 is 1.61 bits per heavy atom. The summed E-state index contributed by atoms with van der Waals surface area (Å²) < 4.78 is 1.71. The van der Waals surface area contributed by atoms with E-state index in [0.29, 0.717) is 17.3 Å². The van der Waals surface area contributed by atoms with Gasteiger partial charge in [0.05, 0.1) is 5.02 Å². The molecular weight excluding hydrogens is 252 g/mol. The molecule has 2 N–H and O–H groups in total. The number of hydrogen-bond donors (Lipinski definition) is 2. The Labute approximate surface area is 110 Å². The fourth-order valence-corrected chi connectivity index (χ4v) is 1.98. The number of rotatable bonds is 5. The van der Waals surface area contributed by atoms with Crippen molar-refractivity contribution in [2.75, 3.05) is 6.54 Å². The summed E-state index contributed by atoms with van der Waals surface area (Å²) in [6, 6.07) is 1.66. The Hall–Kier alpha value is -1.75. The highest BCUT2D eigenvalue weighted by atomic mass is 35.5. The van der Waals surface area contributed by atoms with Gasteiger partial charge in [-0.2, -0.15) is 0 Å². The molecule has 0 saturated carbocycles. The molecule has 6 heteroatoms. The number of halogens is 1. The van der Waals surface area contributed by atoms with Gasteiger partial charge < -0.3 is 14.9 Å². The zero-order chi connectivity index (χ0) is 13.0.